The Balaban J connectivity index is 2.53. The zero-order valence-electron chi connectivity index (χ0n) is 6.48. The molecule has 0 aliphatic heterocycles. The van der Waals surface area contributed by atoms with E-state index in [9.17, 15) is 0 Å². The summed E-state index contributed by atoms with van der Waals surface area (Å²) >= 11 is 8.98. The number of halogens is 2. The Kier molecular flexibility index (Phi) is 3.63. The van der Waals surface area contributed by atoms with E-state index in [1.165, 1.54) is 0 Å². The maximum absolute atomic E-state index is 5.72. The van der Waals surface area contributed by atoms with Crippen LogP contribution in [0, 0.1) is 0 Å². The molecule has 0 aromatic heterocycles. The van der Waals surface area contributed by atoms with Crippen molar-refractivity contribution in [1.29, 1.82) is 0 Å². The van der Waals surface area contributed by atoms with Crippen LogP contribution < -0.4 is 5.32 Å². The molecule has 0 bridgehead atoms. The first-order valence-corrected chi connectivity index (χ1v) is 4.68. The summed E-state index contributed by atoms with van der Waals surface area (Å²) < 4.78 is 0.928. The molecule has 64 valence electrons. The lowest BCUT2D eigenvalue weighted by Crippen LogP contribution is -1.99. The Hall–Kier alpha value is -0.470. The molecular weight excluding hydrogens is 237 g/mol. The van der Waals surface area contributed by atoms with Crippen LogP contribution in [0.5, 0.6) is 0 Å². The highest BCUT2D eigenvalue weighted by Crippen LogP contribution is 2.14. The molecule has 0 aliphatic carbocycles. The third-order valence-corrected chi connectivity index (χ3v) is 1.86. The monoisotopic (exact) mass is 245 g/mol. The summed E-state index contributed by atoms with van der Waals surface area (Å²) in [6, 6.07) is 7.55. The van der Waals surface area contributed by atoms with Crippen LogP contribution in [0.1, 0.15) is 0 Å². The Labute approximate surface area is 85.6 Å². The largest absolute Gasteiger partial charge is 0.380 e. The zero-order chi connectivity index (χ0) is 8.97. The van der Waals surface area contributed by atoms with E-state index >= 15 is 0 Å². The van der Waals surface area contributed by atoms with Gasteiger partial charge in [0.25, 0.3) is 0 Å². The summed E-state index contributed by atoms with van der Waals surface area (Å²) in [7, 11) is 0. The molecule has 1 N–H and O–H groups in total. The summed E-state index contributed by atoms with van der Waals surface area (Å²) in [6.07, 6.45) is 0. The van der Waals surface area contributed by atoms with Gasteiger partial charge in [-0.25, -0.2) is 0 Å². The fourth-order valence-electron chi connectivity index (χ4n) is 0.766. The highest BCUT2D eigenvalue weighted by Gasteiger charge is 1.91. The molecule has 0 aliphatic rings. The van der Waals surface area contributed by atoms with Gasteiger partial charge in [-0.2, -0.15) is 0 Å². The number of hydrogen-bond acceptors (Lipinski definition) is 1. The third-order valence-electron chi connectivity index (χ3n) is 1.33. The Morgan fingerprint density at radius 1 is 1.42 bits per heavy atom. The van der Waals surface area contributed by atoms with E-state index in [4.69, 9.17) is 11.6 Å². The van der Waals surface area contributed by atoms with Crippen LogP contribution in [0.15, 0.2) is 35.3 Å². The summed E-state index contributed by atoms with van der Waals surface area (Å²) in [6.45, 7) is 4.44. The van der Waals surface area contributed by atoms with Crippen LogP contribution in [-0.2, 0) is 0 Å². The first-order chi connectivity index (χ1) is 5.68. The standard InChI is InChI=1S/C9H9BrClN/c1-7(10)6-12-9-4-2-8(11)3-5-9/h2-5,12H,1,6H2. The zero-order valence-corrected chi connectivity index (χ0v) is 8.82. The van der Waals surface area contributed by atoms with E-state index in [-0.39, 0.29) is 0 Å². The molecular formula is C9H9BrClN. The van der Waals surface area contributed by atoms with Crippen LogP contribution in [-0.4, -0.2) is 6.54 Å². The number of hydrogen-bond donors (Lipinski definition) is 1. The third kappa shape index (κ3) is 3.28. The van der Waals surface area contributed by atoms with Crippen LogP contribution in [0.3, 0.4) is 0 Å². The molecule has 0 saturated heterocycles. The lowest BCUT2D eigenvalue weighted by Gasteiger charge is -2.03. The van der Waals surface area contributed by atoms with E-state index in [2.05, 4.69) is 27.8 Å². The van der Waals surface area contributed by atoms with Crippen molar-refractivity contribution in [3.63, 3.8) is 0 Å². The van der Waals surface area contributed by atoms with Crippen molar-refractivity contribution < 1.29 is 0 Å². The second-order valence-corrected chi connectivity index (χ2v) is 3.94. The number of nitrogens with one attached hydrogen (secondary N) is 1. The Morgan fingerprint density at radius 3 is 2.50 bits per heavy atom. The Morgan fingerprint density at radius 2 is 2.00 bits per heavy atom. The van der Waals surface area contributed by atoms with Gasteiger partial charge in [-0.05, 0) is 24.3 Å². The molecule has 0 amide bonds. The fraction of sp³-hybridized carbons (Fsp3) is 0.111. The summed E-state index contributed by atoms with van der Waals surface area (Å²) in [5.74, 6) is 0. The van der Waals surface area contributed by atoms with Crippen molar-refractivity contribution in [3.8, 4) is 0 Å². The average Bonchev–Trinajstić information content (AvgIpc) is 2.03. The lowest BCUT2D eigenvalue weighted by molar-refractivity contribution is 1.33. The normalized spacial score (nSPS) is 9.50. The second-order valence-electron chi connectivity index (χ2n) is 2.38. The molecule has 12 heavy (non-hydrogen) atoms. The predicted octanol–water partition coefficient (Wildman–Crippen LogP) is 3.66. The first kappa shape index (κ1) is 9.62. The number of anilines is 1. The minimum absolute atomic E-state index is 0.724. The van der Waals surface area contributed by atoms with Crippen LogP contribution in [0.25, 0.3) is 0 Å². The Bertz CT molecular complexity index is 268. The first-order valence-electron chi connectivity index (χ1n) is 3.51. The minimum atomic E-state index is 0.724. The van der Waals surface area contributed by atoms with Crippen molar-refractivity contribution in [1.82, 2.24) is 0 Å². The molecule has 0 radical (unpaired) electrons. The predicted molar refractivity (Wildman–Crippen MR) is 58.0 cm³/mol. The van der Waals surface area contributed by atoms with Gasteiger partial charge in [0.05, 0.1) is 0 Å². The van der Waals surface area contributed by atoms with Crippen molar-refractivity contribution in [3.05, 3.63) is 40.3 Å². The topological polar surface area (TPSA) is 12.0 Å². The maximum Gasteiger partial charge on any atom is 0.0460 e. The molecule has 1 nitrogen and oxygen atoms in total. The molecule has 1 aromatic carbocycles. The maximum atomic E-state index is 5.72. The molecule has 1 rings (SSSR count). The van der Waals surface area contributed by atoms with E-state index in [0.29, 0.717) is 0 Å². The van der Waals surface area contributed by atoms with Crippen molar-refractivity contribution in [2.45, 2.75) is 0 Å². The van der Waals surface area contributed by atoms with Crippen LogP contribution >= 0.6 is 27.5 Å². The van der Waals surface area contributed by atoms with Gasteiger partial charge in [0.15, 0.2) is 0 Å². The molecule has 0 spiro atoms. The number of rotatable bonds is 3. The van der Waals surface area contributed by atoms with Crippen molar-refractivity contribution in [2.75, 3.05) is 11.9 Å². The fourth-order valence-corrected chi connectivity index (χ4v) is 1.03. The van der Waals surface area contributed by atoms with E-state index in [1.54, 1.807) is 0 Å². The van der Waals surface area contributed by atoms with Crippen molar-refractivity contribution in [2.24, 2.45) is 0 Å². The van der Waals surface area contributed by atoms with Gasteiger partial charge in [0, 0.05) is 21.7 Å². The summed E-state index contributed by atoms with van der Waals surface area (Å²) in [5, 5.41) is 3.91. The highest BCUT2D eigenvalue weighted by molar-refractivity contribution is 9.11. The second kappa shape index (κ2) is 4.53. The molecule has 0 saturated carbocycles. The molecule has 0 fully saturated rings. The SMILES string of the molecule is C=C(Br)CNc1ccc(Cl)cc1. The smallest absolute Gasteiger partial charge is 0.0460 e. The van der Waals surface area contributed by atoms with E-state index < -0.39 is 0 Å². The van der Waals surface area contributed by atoms with Crippen LogP contribution in [0.4, 0.5) is 5.69 Å². The van der Waals surface area contributed by atoms with Crippen molar-refractivity contribution >= 4 is 33.2 Å². The quantitative estimate of drug-likeness (QED) is 0.858. The van der Waals surface area contributed by atoms with Gasteiger partial charge in [-0.3, -0.25) is 0 Å². The lowest BCUT2D eigenvalue weighted by atomic mass is 10.3. The van der Waals surface area contributed by atoms with Gasteiger partial charge in [0.1, 0.15) is 0 Å². The van der Waals surface area contributed by atoms with Gasteiger partial charge in [-0.15, -0.1) is 0 Å². The van der Waals surface area contributed by atoms with Gasteiger partial charge in [0.2, 0.25) is 0 Å². The van der Waals surface area contributed by atoms with Crippen LogP contribution in [0.2, 0.25) is 5.02 Å². The summed E-state index contributed by atoms with van der Waals surface area (Å²) in [5.41, 5.74) is 1.04. The van der Waals surface area contributed by atoms with E-state index in [0.717, 1.165) is 21.7 Å². The number of benzene rings is 1. The molecule has 0 atom stereocenters. The molecule has 3 heteroatoms. The molecule has 0 heterocycles. The van der Waals surface area contributed by atoms with Gasteiger partial charge in [-0.1, -0.05) is 34.1 Å². The van der Waals surface area contributed by atoms with Gasteiger partial charge < -0.3 is 5.32 Å². The highest BCUT2D eigenvalue weighted by atomic mass is 79.9. The molecule has 1 aromatic rings. The molecule has 0 unspecified atom stereocenters. The van der Waals surface area contributed by atoms with E-state index in [1.807, 2.05) is 24.3 Å². The minimum Gasteiger partial charge on any atom is -0.380 e. The average molecular weight is 247 g/mol. The van der Waals surface area contributed by atoms with Gasteiger partial charge >= 0.3 is 0 Å². The summed E-state index contributed by atoms with van der Waals surface area (Å²) in [4.78, 5) is 0.